The molecule has 0 unspecified atom stereocenters. The number of piperazine rings is 1. The van der Waals surface area contributed by atoms with Crippen LogP contribution in [0.3, 0.4) is 0 Å². The number of nitrogens with one attached hydrogen (secondary N) is 2. The molecule has 0 amide bonds. The van der Waals surface area contributed by atoms with Gasteiger partial charge in [-0.05, 0) is 46.7 Å². The zero-order valence-corrected chi connectivity index (χ0v) is 16.2. The summed E-state index contributed by atoms with van der Waals surface area (Å²) in [6.45, 7) is 5.03. The largest absolute Gasteiger partial charge is 0.328 e. The van der Waals surface area contributed by atoms with Crippen molar-refractivity contribution in [2.24, 2.45) is 0 Å². The third-order valence-electron chi connectivity index (χ3n) is 5.63. The van der Waals surface area contributed by atoms with E-state index in [1.165, 1.54) is 22.6 Å². The van der Waals surface area contributed by atoms with Gasteiger partial charge in [0.05, 0.1) is 7.05 Å². The monoisotopic (exact) mass is 382 g/mol. The first-order chi connectivity index (χ1) is 13.7. The molecule has 1 aliphatic rings. The topological polar surface area (TPSA) is 52.5 Å². The number of aryl methyl sites for hydroxylation is 2. The summed E-state index contributed by atoms with van der Waals surface area (Å²) in [7, 11) is 2.23. The lowest BCUT2D eigenvalue weighted by atomic mass is 10.0. The molecule has 0 spiro atoms. The SMILES string of the molecule is C[NH+]1CC[NH+]([C@H](c2ccc(F)cc2)c2nnnn2CCc2ccccc2)CC1. The van der Waals surface area contributed by atoms with Gasteiger partial charge in [0.2, 0.25) is 5.82 Å². The molecule has 1 fully saturated rings. The lowest BCUT2D eigenvalue weighted by Gasteiger charge is -2.32. The van der Waals surface area contributed by atoms with Crippen molar-refractivity contribution in [1.82, 2.24) is 20.2 Å². The van der Waals surface area contributed by atoms with Crippen LogP contribution in [0.25, 0.3) is 0 Å². The number of quaternary nitrogens is 2. The Morgan fingerprint density at radius 1 is 1.00 bits per heavy atom. The maximum atomic E-state index is 13.5. The van der Waals surface area contributed by atoms with Crippen molar-refractivity contribution in [1.29, 1.82) is 0 Å². The van der Waals surface area contributed by atoms with Crippen LogP contribution in [-0.2, 0) is 13.0 Å². The van der Waals surface area contributed by atoms with Crippen LogP contribution in [0, 0.1) is 5.82 Å². The summed E-state index contributed by atoms with van der Waals surface area (Å²) in [6, 6.07) is 17.2. The van der Waals surface area contributed by atoms with E-state index in [9.17, 15) is 4.39 Å². The second kappa shape index (κ2) is 8.58. The molecule has 2 heterocycles. The fourth-order valence-electron chi connectivity index (χ4n) is 3.97. The summed E-state index contributed by atoms with van der Waals surface area (Å²) in [5, 5.41) is 12.6. The number of likely N-dealkylation sites (N-methyl/N-ethyl adjacent to an activating group) is 1. The summed E-state index contributed by atoms with van der Waals surface area (Å²) in [5.41, 5.74) is 2.32. The number of rotatable bonds is 6. The molecule has 7 heteroatoms. The van der Waals surface area contributed by atoms with Crippen molar-refractivity contribution in [3.05, 3.63) is 77.4 Å². The van der Waals surface area contributed by atoms with E-state index in [2.05, 4.69) is 34.7 Å². The van der Waals surface area contributed by atoms with Crippen LogP contribution < -0.4 is 9.80 Å². The smallest absolute Gasteiger partial charge is 0.214 e. The van der Waals surface area contributed by atoms with E-state index in [0.29, 0.717) is 0 Å². The van der Waals surface area contributed by atoms with E-state index in [0.717, 1.165) is 50.5 Å². The lowest BCUT2D eigenvalue weighted by Crippen LogP contribution is -3.27. The molecule has 146 valence electrons. The van der Waals surface area contributed by atoms with E-state index in [1.54, 1.807) is 4.90 Å². The second-order valence-electron chi connectivity index (χ2n) is 7.60. The number of halogens is 1. The first-order valence-corrected chi connectivity index (χ1v) is 9.92. The van der Waals surface area contributed by atoms with Gasteiger partial charge in [-0.15, -0.1) is 5.10 Å². The van der Waals surface area contributed by atoms with Gasteiger partial charge in [0.1, 0.15) is 32.0 Å². The Morgan fingerprint density at radius 3 is 2.43 bits per heavy atom. The highest BCUT2D eigenvalue weighted by Crippen LogP contribution is 2.18. The molecular formula is C21H27FN6+2. The fraction of sp³-hybridized carbons (Fsp3) is 0.381. The summed E-state index contributed by atoms with van der Waals surface area (Å²) in [5.74, 6) is 0.640. The van der Waals surface area contributed by atoms with Crippen LogP contribution in [-0.4, -0.2) is 53.4 Å². The van der Waals surface area contributed by atoms with Gasteiger partial charge in [0.25, 0.3) is 0 Å². The quantitative estimate of drug-likeness (QED) is 0.608. The molecule has 4 rings (SSSR count). The Bertz CT molecular complexity index is 871. The van der Waals surface area contributed by atoms with Crippen LogP contribution in [0.5, 0.6) is 0 Å². The molecule has 0 bridgehead atoms. The number of nitrogens with zero attached hydrogens (tertiary/aromatic N) is 4. The van der Waals surface area contributed by atoms with Crippen LogP contribution in [0.1, 0.15) is 23.0 Å². The molecule has 1 aliphatic heterocycles. The fourth-order valence-corrected chi connectivity index (χ4v) is 3.97. The van der Waals surface area contributed by atoms with Crippen molar-refractivity contribution >= 4 is 0 Å². The zero-order valence-electron chi connectivity index (χ0n) is 16.2. The van der Waals surface area contributed by atoms with Crippen LogP contribution in [0.4, 0.5) is 4.39 Å². The van der Waals surface area contributed by atoms with Gasteiger partial charge in [0, 0.05) is 12.1 Å². The van der Waals surface area contributed by atoms with Crippen LogP contribution >= 0.6 is 0 Å². The van der Waals surface area contributed by atoms with Gasteiger partial charge in [-0.25, -0.2) is 9.07 Å². The molecular weight excluding hydrogens is 355 g/mol. The summed E-state index contributed by atoms with van der Waals surface area (Å²) in [4.78, 5) is 2.98. The molecule has 0 radical (unpaired) electrons. The third-order valence-corrected chi connectivity index (χ3v) is 5.63. The van der Waals surface area contributed by atoms with E-state index in [-0.39, 0.29) is 11.9 Å². The Labute approximate surface area is 164 Å². The Hall–Kier alpha value is -2.64. The van der Waals surface area contributed by atoms with E-state index in [1.807, 2.05) is 35.0 Å². The molecule has 1 saturated heterocycles. The van der Waals surface area contributed by atoms with Gasteiger partial charge in [-0.2, -0.15) is 0 Å². The summed E-state index contributed by atoms with van der Waals surface area (Å²) >= 11 is 0. The van der Waals surface area contributed by atoms with E-state index < -0.39 is 0 Å². The standard InChI is InChI=1S/C21H25FN6/c1-26-13-15-27(16-14-26)20(18-7-9-19(22)10-8-18)21-23-24-25-28(21)12-11-17-5-3-2-4-6-17/h2-10,20H,11-16H2,1H3/p+2/t20-/m1/s1. The molecule has 0 saturated carbocycles. The number of hydrogen-bond donors (Lipinski definition) is 2. The molecule has 0 aliphatic carbocycles. The predicted octanol–water partition coefficient (Wildman–Crippen LogP) is -0.442. The Morgan fingerprint density at radius 2 is 1.71 bits per heavy atom. The highest BCUT2D eigenvalue weighted by atomic mass is 19.1. The van der Waals surface area contributed by atoms with Crippen molar-refractivity contribution in [2.45, 2.75) is 19.0 Å². The predicted molar refractivity (Wildman–Crippen MR) is 104 cm³/mol. The van der Waals surface area contributed by atoms with Crippen molar-refractivity contribution in [3.63, 3.8) is 0 Å². The molecule has 1 aromatic heterocycles. The summed E-state index contributed by atoms with van der Waals surface area (Å²) < 4.78 is 15.4. The minimum absolute atomic E-state index is 0.0134. The number of hydrogen-bond acceptors (Lipinski definition) is 3. The minimum Gasteiger partial charge on any atom is -0.328 e. The molecule has 1 atom stereocenters. The van der Waals surface area contributed by atoms with E-state index >= 15 is 0 Å². The Kier molecular flexibility index (Phi) is 5.73. The molecule has 3 aromatic rings. The van der Waals surface area contributed by atoms with Crippen molar-refractivity contribution in [3.8, 4) is 0 Å². The van der Waals surface area contributed by atoms with Gasteiger partial charge in [-0.1, -0.05) is 30.3 Å². The number of tetrazole rings is 1. The van der Waals surface area contributed by atoms with E-state index in [4.69, 9.17) is 0 Å². The summed E-state index contributed by atoms with van der Waals surface area (Å²) in [6.07, 6.45) is 0.872. The highest BCUT2D eigenvalue weighted by molar-refractivity contribution is 5.23. The lowest BCUT2D eigenvalue weighted by molar-refractivity contribution is -1.02. The van der Waals surface area contributed by atoms with Crippen molar-refractivity contribution < 1.29 is 14.2 Å². The van der Waals surface area contributed by atoms with Crippen molar-refractivity contribution in [2.75, 3.05) is 33.2 Å². The third kappa shape index (κ3) is 4.26. The van der Waals surface area contributed by atoms with Gasteiger partial charge < -0.3 is 9.80 Å². The van der Waals surface area contributed by atoms with Gasteiger partial charge in [0.15, 0.2) is 6.04 Å². The van der Waals surface area contributed by atoms with Crippen LogP contribution in [0.15, 0.2) is 54.6 Å². The highest BCUT2D eigenvalue weighted by Gasteiger charge is 2.34. The Balaban J connectivity index is 1.61. The average molecular weight is 382 g/mol. The van der Waals surface area contributed by atoms with Gasteiger partial charge >= 0.3 is 0 Å². The normalized spacial score (nSPS) is 20.8. The minimum atomic E-state index is -0.219. The second-order valence-corrected chi connectivity index (χ2v) is 7.60. The number of benzene rings is 2. The zero-order chi connectivity index (χ0) is 19.3. The number of aromatic nitrogens is 4. The maximum Gasteiger partial charge on any atom is 0.214 e. The van der Waals surface area contributed by atoms with Crippen LogP contribution in [0.2, 0.25) is 0 Å². The first-order valence-electron chi connectivity index (χ1n) is 9.92. The van der Waals surface area contributed by atoms with Gasteiger partial charge in [-0.3, -0.25) is 0 Å². The molecule has 6 nitrogen and oxygen atoms in total. The maximum absolute atomic E-state index is 13.5. The molecule has 2 N–H and O–H groups in total. The first kappa shape index (κ1) is 18.7. The average Bonchev–Trinajstić information content (AvgIpc) is 3.18. The molecule has 28 heavy (non-hydrogen) atoms. The molecule has 2 aromatic carbocycles.